The van der Waals surface area contributed by atoms with E-state index in [1.165, 1.54) is 5.57 Å². The second-order valence-electron chi connectivity index (χ2n) is 2.39. The van der Waals surface area contributed by atoms with Crippen molar-refractivity contribution in [3.63, 3.8) is 0 Å². The fourth-order valence-corrected chi connectivity index (χ4v) is 1.04. The van der Waals surface area contributed by atoms with Crippen molar-refractivity contribution in [1.82, 2.24) is 0 Å². The lowest BCUT2D eigenvalue weighted by Crippen LogP contribution is -2.00. The molecule has 0 saturated carbocycles. The normalized spacial score (nSPS) is 18.8. The summed E-state index contributed by atoms with van der Waals surface area (Å²) in [5.74, 6) is 0. The van der Waals surface area contributed by atoms with Gasteiger partial charge in [-0.15, -0.1) is 0 Å². The number of hydrogen-bond acceptors (Lipinski definition) is 1. The second-order valence-corrected chi connectivity index (χ2v) is 2.39. The molecule has 0 atom stereocenters. The van der Waals surface area contributed by atoms with Crippen molar-refractivity contribution >= 4 is 0 Å². The molecule has 0 aromatic heterocycles. The maximum absolute atomic E-state index is 5.62. The van der Waals surface area contributed by atoms with Gasteiger partial charge in [-0.05, 0) is 25.3 Å². The van der Waals surface area contributed by atoms with Crippen molar-refractivity contribution in [1.29, 1.82) is 0 Å². The molecule has 0 saturated heterocycles. The molecule has 0 aromatic rings. The highest BCUT2D eigenvalue weighted by Crippen LogP contribution is 2.15. The van der Waals surface area contributed by atoms with Gasteiger partial charge < -0.3 is 5.73 Å². The quantitative estimate of drug-likeness (QED) is 0.566. The van der Waals surface area contributed by atoms with Crippen LogP contribution in [0.15, 0.2) is 23.4 Å². The molecule has 1 aliphatic carbocycles. The van der Waals surface area contributed by atoms with Crippen LogP contribution in [0, 0.1) is 0 Å². The first-order chi connectivity index (χ1) is 4.33. The van der Waals surface area contributed by atoms with Crippen molar-refractivity contribution in [3.05, 3.63) is 23.4 Å². The van der Waals surface area contributed by atoms with E-state index < -0.39 is 0 Å². The highest BCUT2D eigenvalue weighted by molar-refractivity contribution is 5.25. The molecule has 0 unspecified atom stereocenters. The predicted octanol–water partition coefficient (Wildman–Crippen LogP) is 1.96. The van der Waals surface area contributed by atoms with Crippen LogP contribution in [0.1, 0.15) is 26.2 Å². The zero-order chi connectivity index (χ0) is 6.69. The predicted molar refractivity (Wildman–Crippen MR) is 39.9 cm³/mol. The molecule has 1 rings (SSSR count). The van der Waals surface area contributed by atoms with Crippen LogP contribution in [0.2, 0.25) is 0 Å². The number of nitrogens with two attached hydrogens (primary N) is 1. The average molecular weight is 123 g/mol. The minimum Gasteiger partial charge on any atom is -0.402 e. The van der Waals surface area contributed by atoms with Gasteiger partial charge in [0.15, 0.2) is 0 Å². The zero-order valence-electron chi connectivity index (χ0n) is 5.85. The van der Waals surface area contributed by atoms with Crippen LogP contribution in [0.4, 0.5) is 0 Å². The molecule has 0 bridgehead atoms. The Morgan fingerprint density at radius 3 is 2.89 bits per heavy atom. The van der Waals surface area contributed by atoms with Crippen molar-refractivity contribution < 1.29 is 0 Å². The summed E-state index contributed by atoms with van der Waals surface area (Å²) < 4.78 is 0. The zero-order valence-corrected chi connectivity index (χ0v) is 5.85. The first-order valence-corrected chi connectivity index (χ1v) is 3.48. The molecule has 0 aliphatic heterocycles. The average Bonchev–Trinajstić information content (AvgIpc) is 1.88. The third-order valence-corrected chi connectivity index (χ3v) is 1.62. The summed E-state index contributed by atoms with van der Waals surface area (Å²) in [5, 5.41) is 0. The lowest BCUT2D eigenvalue weighted by atomic mass is 10.0. The Kier molecular flexibility index (Phi) is 1.93. The Morgan fingerprint density at radius 1 is 1.67 bits per heavy atom. The molecule has 0 heterocycles. The van der Waals surface area contributed by atoms with Crippen LogP contribution in [-0.4, -0.2) is 0 Å². The van der Waals surface area contributed by atoms with E-state index in [1.54, 1.807) is 0 Å². The Bertz CT molecular complexity index is 154. The Morgan fingerprint density at radius 2 is 2.44 bits per heavy atom. The maximum atomic E-state index is 5.62. The maximum Gasteiger partial charge on any atom is 0.00862 e. The number of rotatable bonds is 1. The summed E-state index contributed by atoms with van der Waals surface area (Å²) in [6.07, 6.45) is 7.63. The summed E-state index contributed by atoms with van der Waals surface area (Å²) in [6, 6.07) is 0. The summed E-state index contributed by atoms with van der Waals surface area (Å²) in [5.41, 5.74) is 8.05. The third kappa shape index (κ3) is 1.60. The Hall–Kier alpha value is -0.720. The van der Waals surface area contributed by atoms with Crippen molar-refractivity contribution in [2.75, 3.05) is 0 Å². The molecule has 0 amide bonds. The number of hydrogen-bond donors (Lipinski definition) is 1. The van der Waals surface area contributed by atoms with Gasteiger partial charge in [0.25, 0.3) is 0 Å². The molecule has 1 aliphatic rings. The van der Waals surface area contributed by atoms with Gasteiger partial charge in [-0.3, -0.25) is 0 Å². The van der Waals surface area contributed by atoms with E-state index in [1.807, 2.05) is 0 Å². The van der Waals surface area contributed by atoms with Crippen molar-refractivity contribution in [2.24, 2.45) is 5.73 Å². The summed E-state index contributed by atoms with van der Waals surface area (Å²) in [4.78, 5) is 0. The van der Waals surface area contributed by atoms with Crippen LogP contribution < -0.4 is 5.73 Å². The van der Waals surface area contributed by atoms with Crippen molar-refractivity contribution in [3.8, 4) is 0 Å². The molecular formula is C8H13N. The number of allylic oxidation sites excluding steroid dienone is 4. The van der Waals surface area contributed by atoms with E-state index in [0.29, 0.717) is 0 Å². The van der Waals surface area contributed by atoms with Crippen LogP contribution in [0.25, 0.3) is 0 Å². The lowest BCUT2D eigenvalue weighted by Gasteiger charge is -2.07. The summed E-state index contributed by atoms with van der Waals surface area (Å²) in [7, 11) is 0. The summed E-state index contributed by atoms with van der Waals surface area (Å²) in [6.45, 7) is 2.15. The van der Waals surface area contributed by atoms with Crippen molar-refractivity contribution in [2.45, 2.75) is 26.2 Å². The fourth-order valence-electron chi connectivity index (χ4n) is 1.04. The molecular weight excluding hydrogens is 110 g/mol. The van der Waals surface area contributed by atoms with E-state index in [0.717, 1.165) is 25.0 Å². The molecule has 0 aromatic carbocycles. The monoisotopic (exact) mass is 123 g/mol. The first-order valence-electron chi connectivity index (χ1n) is 3.48. The van der Waals surface area contributed by atoms with E-state index in [2.05, 4.69) is 19.1 Å². The largest absolute Gasteiger partial charge is 0.402 e. The second kappa shape index (κ2) is 2.72. The molecule has 1 nitrogen and oxygen atoms in total. The molecule has 0 radical (unpaired) electrons. The van der Waals surface area contributed by atoms with Gasteiger partial charge >= 0.3 is 0 Å². The Labute approximate surface area is 56.2 Å². The van der Waals surface area contributed by atoms with Gasteiger partial charge in [-0.2, -0.15) is 0 Å². The van der Waals surface area contributed by atoms with Gasteiger partial charge in [-0.1, -0.05) is 18.6 Å². The topological polar surface area (TPSA) is 26.0 Å². The fraction of sp³-hybridized carbons (Fsp3) is 0.500. The molecule has 9 heavy (non-hydrogen) atoms. The van der Waals surface area contributed by atoms with Crippen LogP contribution in [-0.2, 0) is 0 Å². The standard InChI is InChI=1S/C8H13N/c1-2-7-4-3-5-8(9)6-7/h4,6H,2-3,5,9H2,1H3. The van der Waals surface area contributed by atoms with Gasteiger partial charge in [0.05, 0.1) is 0 Å². The molecule has 2 N–H and O–H groups in total. The smallest absolute Gasteiger partial charge is 0.00862 e. The molecule has 50 valence electrons. The summed E-state index contributed by atoms with van der Waals surface area (Å²) >= 11 is 0. The SMILES string of the molecule is CCC1=CCCC(N)=C1. The van der Waals surface area contributed by atoms with Crippen LogP contribution >= 0.6 is 0 Å². The van der Waals surface area contributed by atoms with Gasteiger partial charge in [0, 0.05) is 5.70 Å². The van der Waals surface area contributed by atoms with Gasteiger partial charge in [-0.25, -0.2) is 0 Å². The van der Waals surface area contributed by atoms with E-state index in [4.69, 9.17) is 5.73 Å². The van der Waals surface area contributed by atoms with Crippen LogP contribution in [0.5, 0.6) is 0 Å². The Balaban J connectivity index is 2.63. The van der Waals surface area contributed by atoms with Gasteiger partial charge in [0.1, 0.15) is 0 Å². The minimum atomic E-state index is 1.04. The van der Waals surface area contributed by atoms with E-state index in [-0.39, 0.29) is 0 Å². The first kappa shape index (κ1) is 6.40. The molecule has 0 spiro atoms. The highest BCUT2D eigenvalue weighted by Gasteiger charge is 1.98. The van der Waals surface area contributed by atoms with E-state index >= 15 is 0 Å². The molecule has 0 fully saturated rings. The lowest BCUT2D eigenvalue weighted by molar-refractivity contribution is 0.910. The van der Waals surface area contributed by atoms with E-state index in [9.17, 15) is 0 Å². The third-order valence-electron chi connectivity index (χ3n) is 1.62. The molecule has 1 heteroatoms. The van der Waals surface area contributed by atoms with Crippen LogP contribution in [0.3, 0.4) is 0 Å². The highest BCUT2D eigenvalue weighted by atomic mass is 14.6. The van der Waals surface area contributed by atoms with Gasteiger partial charge in [0.2, 0.25) is 0 Å². The minimum absolute atomic E-state index is 1.04.